The summed E-state index contributed by atoms with van der Waals surface area (Å²) in [5.41, 5.74) is 0.620. The van der Waals surface area contributed by atoms with Crippen molar-refractivity contribution in [2.45, 2.75) is 38.6 Å². The van der Waals surface area contributed by atoms with E-state index in [-0.39, 0.29) is 23.8 Å². The maximum absolute atomic E-state index is 12.9. The summed E-state index contributed by atoms with van der Waals surface area (Å²) in [6.07, 6.45) is 4.25. The maximum atomic E-state index is 12.9. The highest BCUT2D eigenvalue weighted by Crippen LogP contribution is 2.26. The van der Waals surface area contributed by atoms with Gasteiger partial charge in [-0.15, -0.1) is 0 Å². The molecule has 5 heteroatoms. The molecule has 0 heterocycles. The number of nitrogens with zero attached hydrogens (tertiary/aromatic N) is 1. The van der Waals surface area contributed by atoms with E-state index in [4.69, 9.17) is 9.47 Å². The third-order valence-electron chi connectivity index (χ3n) is 4.44. The van der Waals surface area contributed by atoms with E-state index < -0.39 is 0 Å². The lowest BCUT2D eigenvalue weighted by Crippen LogP contribution is -2.43. The molecule has 1 saturated carbocycles. The minimum Gasteiger partial charge on any atom is -0.497 e. The van der Waals surface area contributed by atoms with E-state index in [9.17, 15) is 9.59 Å². The van der Waals surface area contributed by atoms with Gasteiger partial charge < -0.3 is 14.4 Å². The molecule has 0 spiro atoms. The Morgan fingerprint density at radius 1 is 1.17 bits per heavy atom. The van der Waals surface area contributed by atoms with Gasteiger partial charge >= 0.3 is 5.97 Å². The van der Waals surface area contributed by atoms with Crippen molar-refractivity contribution in [2.75, 3.05) is 20.8 Å². The van der Waals surface area contributed by atoms with Gasteiger partial charge in [0, 0.05) is 18.2 Å². The summed E-state index contributed by atoms with van der Waals surface area (Å²) in [6.45, 7) is 2.19. The Labute approximate surface area is 137 Å². The SMILES string of the molecule is COC(=O)C(C)CN(C(=O)c1ccc(OC)cc1)C1CCCC1. The smallest absolute Gasteiger partial charge is 0.310 e. The number of hydrogen-bond acceptors (Lipinski definition) is 4. The number of amides is 1. The first kappa shape index (κ1) is 17.3. The Morgan fingerprint density at radius 3 is 2.30 bits per heavy atom. The summed E-state index contributed by atoms with van der Waals surface area (Å²) >= 11 is 0. The predicted octanol–water partition coefficient (Wildman–Crippen LogP) is 2.89. The summed E-state index contributed by atoms with van der Waals surface area (Å²) in [7, 11) is 2.98. The van der Waals surface area contributed by atoms with Crippen LogP contribution in [0.15, 0.2) is 24.3 Å². The van der Waals surface area contributed by atoms with E-state index in [1.807, 2.05) is 4.90 Å². The van der Waals surface area contributed by atoms with E-state index in [1.165, 1.54) is 7.11 Å². The highest BCUT2D eigenvalue weighted by molar-refractivity contribution is 5.94. The minimum absolute atomic E-state index is 0.0321. The average molecular weight is 319 g/mol. The summed E-state index contributed by atoms with van der Waals surface area (Å²) in [5, 5.41) is 0. The number of carbonyl (C=O) groups excluding carboxylic acids is 2. The summed E-state index contributed by atoms with van der Waals surface area (Å²) in [4.78, 5) is 26.5. The molecule has 1 unspecified atom stereocenters. The van der Waals surface area contributed by atoms with Crippen LogP contribution in [0.1, 0.15) is 43.0 Å². The quantitative estimate of drug-likeness (QED) is 0.757. The number of esters is 1. The second-order valence-corrected chi connectivity index (χ2v) is 6.05. The zero-order valence-electron chi connectivity index (χ0n) is 14.1. The zero-order valence-corrected chi connectivity index (χ0v) is 14.1. The Kier molecular flexibility index (Phi) is 6.02. The minimum atomic E-state index is -0.331. The average Bonchev–Trinajstić information content (AvgIpc) is 3.12. The fourth-order valence-corrected chi connectivity index (χ4v) is 3.08. The second kappa shape index (κ2) is 7.99. The molecule has 1 aromatic rings. The second-order valence-electron chi connectivity index (χ2n) is 6.05. The van der Waals surface area contributed by atoms with Crippen LogP contribution in [0.2, 0.25) is 0 Å². The Morgan fingerprint density at radius 2 is 1.78 bits per heavy atom. The number of hydrogen-bond donors (Lipinski definition) is 0. The molecule has 0 aliphatic heterocycles. The summed E-state index contributed by atoms with van der Waals surface area (Å²) < 4.78 is 9.93. The van der Waals surface area contributed by atoms with Crippen molar-refractivity contribution < 1.29 is 19.1 Å². The molecule has 1 fully saturated rings. The lowest BCUT2D eigenvalue weighted by Gasteiger charge is -2.31. The maximum Gasteiger partial charge on any atom is 0.310 e. The molecule has 1 atom stereocenters. The van der Waals surface area contributed by atoms with Gasteiger partial charge in [0.25, 0.3) is 5.91 Å². The lowest BCUT2D eigenvalue weighted by molar-refractivity contribution is -0.145. The highest BCUT2D eigenvalue weighted by atomic mass is 16.5. The van der Waals surface area contributed by atoms with Gasteiger partial charge in [-0.1, -0.05) is 19.8 Å². The molecule has 2 rings (SSSR count). The van der Waals surface area contributed by atoms with Gasteiger partial charge in [0.05, 0.1) is 20.1 Å². The van der Waals surface area contributed by atoms with Gasteiger partial charge in [0.1, 0.15) is 5.75 Å². The van der Waals surface area contributed by atoms with Gasteiger partial charge in [0.2, 0.25) is 0 Å². The summed E-state index contributed by atoms with van der Waals surface area (Å²) in [6, 6.07) is 7.31. The fourth-order valence-electron chi connectivity index (χ4n) is 3.08. The zero-order chi connectivity index (χ0) is 16.8. The Hall–Kier alpha value is -2.04. The topological polar surface area (TPSA) is 55.8 Å². The molecular formula is C18H25NO4. The largest absolute Gasteiger partial charge is 0.497 e. The van der Waals surface area contributed by atoms with Crippen LogP contribution in [-0.4, -0.2) is 43.6 Å². The van der Waals surface area contributed by atoms with Crippen LogP contribution in [0, 0.1) is 5.92 Å². The molecule has 0 N–H and O–H groups in total. The molecule has 1 aliphatic carbocycles. The van der Waals surface area contributed by atoms with Crippen molar-refractivity contribution in [3.8, 4) is 5.75 Å². The van der Waals surface area contributed by atoms with E-state index in [2.05, 4.69) is 0 Å². The monoisotopic (exact) mass is 319 g/mol. The number of benzene rings is 1. The highest BCUT2D eigenvalue weighted by Gasteiger charge is 2.30. The number of ether oxygens (including phenoxy) is 2. The van der Waals surface area contributed by atoms with Crippen molar-refractivity contribution in [3.05, 3.63) is 29.8 Å². The van der Waals surface area contributed by atoms with Crippen molar-refractivity contribution in [3.63, 3.8) is 0 Å². The van der Waals surface area contributed by atoms with Crippen molar-refractivity contribution in [1.82, 2.24) is 4.90 Å². The van der Waals surface area contributed by atoms with Crippen LogP contribution in [0.25, 0.3) is 0 Å². The Bertz CT molecular complexity index is 534. The van der Waals surface area contributed by atoms with Crippen LogP contribution in [0.3, 0.4) is 0 Å². The first-order chi connectivity index (χ1) is 11.1. The molecule has 5 nitrogen and oxygen atoms in total. The molecule has 126 valence electrons. The van der Waals surface area contributed by atoms with Gasteiger partial charge in [-0.3, -0.25) is 9.59 Å². The van der Waals surface area contributed by atoms with Crippen molar-refractivity contribution in [1.29, 1.82) is 0 Å². The molecule has 1 amide bonds. The third-order valence-corrected chi connectivity index (χ3v) is 4.44. The molecule has 0 aromatic heterocycles. The van der Waals surface area contributed by atoms with Crippen LogP contribution in [0.5, 0.6) is 5.75 Å². The predicted molar refractivity (Wildman–Crippen MR) is 87.5 cm³/mol. The van der Waals surface area contributed by atoms with Gasteiger partial charge in [-0.05, 0) is 37.1 Å². The van der Waals surface area contributed by atoms with E-state index in [0.717, 1.165) is 31.4 Å². The normalized spacial score (nSPS) is 16.0. The molecule has 0 radical (unpaired) electrons. The molecule has 23 heavy (non-hydrogen) atoms. The van der Waals surface area contributed by atoms with Crippen LogP contribution in [-0.2, 0) is 9.53 Å². The van der Waals surface area contributed by atoms with Crippen LogP contribution in [0.4, 0.5) is 0 Å². The summed E-state index contributed by atoms with van der Waals surface area (Å²) in [5.74, 6) is 0.0746. The van der Waals surface area contributed by atoms with Gasteiger partial charge in [0.15, 0.2) is 0 Å². The third kappa shape index (κ3) is 4.24. The number of carbonyl (C=O) groups is 2. The standard InChI is InChI=1S/C18H25NO4/c1-13(18(21)23-3)12-19(15-6-4-5-7-15)17(20)14-8-10-16(22-2)11-9-14/h8-11,13,15H,4-7,12H2,1-3H3. The van der Waals surface area contributed by atoms with Crippen LogP contribution >= 0.6 is 0 Å². The van der Waals surface area contributed by atoms with Crippen molar-refractivity contribution >= 4 is 11.9 Å². The van der Waals surface area contributed by atoms with Gasteiger partial charge in [-0.25, -0.2) is 0 Å². The van der Waals surface area contributed by atoms with Crippen LogP contribution < -0.4 is 4.74 Å². The Balaban J connectivity index is 2.17. The molecule has 1 aromatic carbocycles. The molecule has 1 aliphatic rings. The first-order valence-corrected chi connectivity index (χ1v) is 8.09. The number of methoxy groups -OCH3 is 2. The van der Waals surface area contributed by atoms with Crippen molar-refractivity contribution in [2.24, 2.45) is 5.92 Å². The molecule has 0 bridgehead atoms. The van der Waals surface area contributed by atoms with E-state index in [0.29, 0.717) is 12.1 Å². The van der Waals surface area contributed by atoms with E-state index in [1.54, 1.807) is 38.3 Å². The molecular weight excluding hydrogens is 294 g/mol. The van der Waals surface area contributed by atoms with E-state index >= 15 is 0 Å². The fraction of sp³-hybridized carbons (Fsp3) is 0.556. The van der Waals surface area contributed by atoms with Gasteiger partial charge in [-0.2, -0.15) is 0 Å². The number of rotatable bonds is 6. The first-order valence-electron chi connectivity index (χ1n) is 8.09. The lowest BCUT2D eigenvalue weighted by atomic mass is 10.1. The molecule has 0 saturated heterocycles.